The minimum absolute atomic E-state index is 0.116. The first-order valence-corrected chi connectivity index (χ1v) is 10.3. The van der Waals surface area contributed by atoms with E-state index < -0.39 is 9.84 Å². The van der Waals surface area contributed by atoms with E-state index in [1.54, 1.807) is 4.90 Å². The highest BCUT2D eigenvalue weighted by Gasteiger charge is 2.37. The van der Waals surface area contributed by atoms with Gasteiger partial charge in [0.1, 0.15) is 17.6 Å². The fourth-order valence-electron chi connectivity index (χ4n) is 3.36. The van der Waals surface area contributed by atoms with Gasteiger partial charge in [0.05, 0.1) is 37.5 Å². The van der Waals surface area contributed by atoms with Crippen LogP contribution in [0.1, 0.15) is 16.8 Å². The lowest BCUT2D eigenvalue weighted by atomic mass is 10.1. The molecule has 1 N–H and O–H groups in total. The van der Waals surface area contributed by atoms with E-state index >= 15 is 0 Å². The van der Waals surface area contributed by atoms with Gasteiger partial charge in [0.25, 0.3) is 5.91 Å². The molecule has 2 saturated heterocycles. The smallest absolute Gasteiger partial charge is 0.255 e. The Morgan fingerprint density at radius 1 is 1.30 bits per heavy atom. The second kappa shape index (κ2) is 6.49. The topological polar surface area (TPSA) is 58.9 Å². The first kappa shape index (κ1) is 16.9. The van der Waals surface area contributed by atoms with Gasteiger partial charge < -0.3 is 9.80 Å². The molecule has 3 rings (SSSR count). The number of rotatable bonds is 2. The van der Waals surface area contributed by atoms with E-state index in [0.717, 1.165) is 19.5 Å². The third-order valence-corrected chi connectivity index (χ3v) is 7.09. The summed E-state index contributed by atoms with van der Waals surface area (Å²) in [5.41, 5.74) is 0.457. The van der Waals surface area contributed by atoms with Gasteiger partial charge in [0, 0.05) is 10.9 Å². The van der Waals surface area contributed by atoms with Crippen LogP contribution in [0.5, 0.6) is 0 Å². The minimum atomic E-state index is -2.87. The molecule has 2 aliphatic heterocycles. The third kappa shape index (κ3) is 3.75. The Kier molecular flexibility index (Phi) is 4.75. The van der Waals surface area contributed by atoms with Gasteiger partial charge in [0.15, 0.2) is 9.84 Å². The highest BCUT2D eigenvalue weighted by atomic mass is 79.9. The van der Waals surface area contributed by atoms with Crippen molar-refractivity contribution in [2.24, 2.45) is 0 Å². The predicted octanol–water partition coefficient (Wildman–Crippen LogP) is 0.116. The van der Waals surface area contributed by atoms with E-state index in [-0.39, 0.29) is 29.3 Å². The highest BCUT2D eigenvalue weighted by Crippen LogP contribution is 2.20. The van der Waals surface area contributed by atoms with Crippen molar-refractivity contribution in [1.82, 2.24) is 4.90 Å². The summed E-state index contributed by atoms with van der Waals surface area (Å²) in [5, 5.41) is 0. The van der Waals surface area contributed by atoms with Crippen molar-refractivity contribution in [2.45, 2.75) is 12.5 Å². The van der Waals surface area contributed by atoms with Crippen LogP contribution >= 0.6 is 15.9 Å². The quantitative estimate of drug-likeness (QED) is 0.759. The van der Waals surface area contributed by atoms with Gasteiger partial charge in [-0.1, -0.05) is 0 Å². The predicted molar refractivity (Wildman–Crippen MR) is 87.8 cm³/mol. The van der Waals surface area contributed by atoms with Crippen LogP contribution in [0.3, 0.4) is 0 Å². The van der Waals surface area contributed by atoms with Crippen LogP contribution in [0, 0.1) is 5.82 Å². The van der Waals surface area contributed by atoms with Crippen molar-refractivity contribution in [3.63, 3.8) is 0 Å². The summed E-state index contributed by atoms with van der Waals surface area (Å²) >= 11 is 3.23. The molecule has 126 valence electrons. The summed E-state index contributed by atoms with van der Waals surface area (Å²) in [4.78, 5) is 15.6. The maximum absolute atomic E-state index is 13.1. The maximum Gasteiger partial charge on any atom is 0.255 e. The van der Waals surface area contributed by atoms with Crippen molar-refractivity contribution < 1.29 is 22.5 Å². The van der Waals surface area contributed by atoms with Crippen molar-refractivity contribution in [2.75, 3.05) is 37.7 Å². The van der Waals surface area contributed by atoms with Crippen LogP contribution in [-0.2, 0) is 9.84 Å². The molecule has 2 aliphatic rings. The van der Waals surface area contributed by atoms with E-state index in [4.69, 9.17) is 0 Å². The lowest BCUT2D eigenvalue weighted by molar-refractivity contribution is -0.925. The number of sulfone groups is 1. The van der Waals surface area contributed by atoms with E-state index in [0.29, 0.717) is 23.1 Å². The molecule has 1 amide bonds. The standard InChI is InChI=1S/C15H18BrFN2O3S/c16-14-9-11(17)1-2-13(14)15(20)19-6-4-18(5-7-19)12-3-8-23(21,22)10-12/h1-2,9,12H,3-8,10H2/p+1/t12-/m0/s1. The summed E-state index contributed by atoms with van der Waals surface area (Å²) in [5.74, 6) is 0.0478. The fourth-order valence-corrected chi connectivity index (χ4v) is 5.70. The normalized spacial score (nSPS) is 24.8. The zero-order chi connectivity index (χ0) is 16.6. The van der Waals surface area contributed by atoms with Crippen LogP contribution in [-0.4, -0.2) is 63.0 Å². The number of carbonyl (C=O) groups excluding carboxylic acids is 1. The van der Waals surface area contributed by atoms with Crippen LogP contribution in [0.25, 0.3) is 0 Å². The molecule has 0 bridgehead atoms. The minimum Gasteiger partial charge on any atom is -0.329 e. The molecule has 0 saturated carbocycles. The monoisotopic (exact) mass is 405 g/mol. The molecule has 0 unspecified atom stereocenters. The average molecular weight is 406 g/mol. The van der Waals surface area contributed by atoms with Crippen LogP contribution in [0.15, 0.2) is 22.7 Å². The summed E-state index contributed by atoms with van der Waals surface area (Å²) in [7, 11) is -2.87. The van der Waals surface area contributed by atoms with Crippen LogP contribution in [0.2, 0.25) is 0 Å². The molecule has 2 heterocycles. The molecular weight excluding hydrogens is 387 g/mol. The molecule has 1 aromatic rings. The Morgan fingerprint density at radius 3 is 2.57 bits per heavy atom. The highest BCUT2D eigenvalue weighted by molar-refractivity contribution is 9.10. The Morgan fingerprint density at radius 2 is 2.00 bits per heavy atom. The van der Waals surface area contributed by atoms with E-state index in [9.17, 15) is 17.6 Å². The molecule has 0 spiro atoms. The zero-order valence-electron chi connectivity index (χ0n) is 12.6. The van der Waals surface area contributed by atoms with Crippen molar-refractivity contribution in [1.29, 1.82) is 0 Å². The van der Waals surface area contributed by atoms with E-state index in [1.165, 1.54) is 23.1 Å². The van der Waals surface area contributed by atoms with Crippen molar-refractivity contribution in [3.05, 3.63) is 34.1 Å². The Labute approximate surface area is 143 Å². The zero-order valence-corrected chi connectivity index (χ0v) is 15.0. The van der Waals surface area contributed by atoms with Gasteiger partial charge in [-0.15, -0.1) is 0 Å². The largest absolute Gasteiger partial charge is 0.329 e. The molecular formula is C15H19BrFN2O3S+. The number of quaternary nitrogens is 1. The second-order valence-electron chi connectivity index (χ2n) is 6.17. The van der Waals surface area contributed by atoms with Crippen molar-refractivity contribution >= 4 is 31.7 Å². The third-order valence-electron chi connectivity index (χ3n) is 4.66. The first-order valence-electron chi connectivity index (χ1n) is 7.65. The number of hydrogen-bond acceptors (Lipinski definition) is 3. The van der Waals surface area contributed by atoms with Crippen molar-refractivity contribution in [3.8, 4) is 0 Å². The Bertz CT molecular complexity index is 717. The number of benzene rings is 1. The van der Waals surface area contributed by atoms with Crippen LogP contribution < -0.4 is 4.90 Å². The summed E-state index contributed by atoms with van der Waals surface area (Å²) < 4.78 is 36.8. The van der Waals surface area contributed by atoms with Gasteiger partial charge in [-0.3, -0.25) is 4.79 Å². The average Bonchev–Trinajstić information content (AvgIpc) is 2.87. The summed E-state index contributed by atoms with van der Waals surface area (Å²) in [6.07, 6.45) is 0.717. The molecule has 5 nitrogen and oxygen atoms in total. The number of halogens is 2. The molecule has 8 heteroatoms. The SMILES string of the molecule is O=C(c1ccc(F)cc1Br)N1CC[NH+]([C@H]2CCS(=O)(=O)C2)CC1. The molecule has 23 heavy (non-hydrogen) atoms. The lowest BCUT2D eigenvalue weighted by Gasteiger charge is -2.35. The number of carbonyl (C=O) groups is 1. The Hall–Kier alpha value is -0.990. The fraction of sp³-hybridized carbons (Fsp3) is 0.533. The molecule has 0 aliphatic carbocycles. The number of hydrogen-bond donors (Lipinski definition) is 1. The van der Waals surface area contributed by atoms with Gasteiger partial charge >= 0.3 is 0 Å². The van der Waals surface area contributed by atoms with Gasteiger partial charge in [0.2, 0.25) is 0 Å². The number of amides is 1. The lowest BCUT2D eigenvalue weighted by Crippen LogP contribution is -3.18. The number of nitrogens with zero attached hydrogens (tertiary/aromatic N) is 1. The second-order valence-corrected chi connectivity index (χ2v) is 9.26. The Balaban J connectivity index is 1.61. The molecule has 1 aromatic carbocycles. The van der Waals surface area contributed by atoms with Gasteiger partial charge in [-0.05, 0) is 34.1 Å². The molecule has 1 atom stereocenters. The molecule has 0 aromatic heterocycles. The summed E-state index contributed by atoms with van der Waals surface area (Å²) in [6, 6.07) is 4.22. The molecule has 0 radical (unpaired) electrons. The van der Waals surface area contributed by atoms with E-state index in [2.05, 4.69) is 15.9 Å². The maximum atomic E-state index is 13.1. The molecule has 2 fully saturated rings. The van der Waals surface area contributed by atoms with Gasteiger partial charge in [-0.25, -0.2) is 12.8 Å². The number of piperazine rings is 1. The van der Waals surface area contributed by atoms with Gasteiger partial charge in [-0.2, -0.15) is 0 Å². The van der Waals surface area contributed by atoms with Crippen LogP contribution in [0.4, 0.5) is 4.39 Å². The summed E-state index contributed by atoms with van der Waals surface area (Å²) in [6.45, 7) is 2.69. The first-order chi connectivity index (χ1) is 10.9. The van der Waals surface area contributed by atoms with E-state index in [1.807, 2.05) is 0 Å². The number of nitrogens with one attached hydrogen (secondary N) is 1.